The van der Waals surface area contributed by atoms with Crippen LogP contribution in [0.2, 0.25) is 0 Å². The average Bonchev–Trinajstić information content (AvgIpc) is 2.92. The van der Waals surface area contributed by atoms with Crippen molar-refractivity contribution in [1.29, 1.82) is 0 Å². The van der Waals surface area contributed by atoms with Gasteiger partial charge in [-0.1, -0.05) is 54.6 Å². The van der Waals surface area contributed by atoms with E-state index in [-0.39, 0.29) is 5.91 Å². The summed E-state index contributed by atoms with van der Waals surface area (Å²) in [5.74, 6) is -0.0479. The highest BCUT2D eigenvalue weighted by molar-refractivity contribution is 6.54. The number of carbonyl (C=O) groups excluding carboxylic acids is 1. The van der Waals surface area contributed by atoms with Crippen LogP contribution in [0.1, 0.15) is 22.3 Å². The normalized spacial score (nSPS) is 14.8. The predicted octanol–water partition coefficient (Wildman–Crippen LogP) is 4.97. The van der Waals surface area contributed by atoms with Gasteiger partial charge in [0.05, 0.1) is 17.9 Å². The quantitative estimate of drug-likeness (QED) is 0.662. The van der Waals surface area contributed by atoms with Crippen LogP contribution < -0.4 is 4.90 Å². The van der Waals surface area contributed by atoms with Crippen LogP contribution in [0.4, 0.5) is 11.4 Å². The van der Waals surface area contributed by atoms with Crippen LogP contribution in [0, 0.1) is 13.8 Å². The average molecular weight is 340 g/mol. The predicted molar refractivity (Wildman–Crippen MR) is 106 cm³/mol. The van der Waals surface area contributed by atoms with E-state index in [4.69, 9.17) is 4.99 Å². The second kappa shape index (κ2) is 6.60. The van der Waals surface area contributed by atoms with Gasteiger partial charge in [0.15, 0.2) is 0 Å². The lowest BCUT2D eigenvalue weighted by molar-refractivity contribution is -0.112. The molecule has 1 heterocycles. The minimum Gasteiger partial charge on any atom is -0.302 e. The summed E-state index contributed by atoms with van der Waals surface area (Å²) in [6, 6.07) is 23.9. The van der Waals surface area contributed by atoms with Crippen molar-refractivity contribution in [3.05, 3.63) is 95.1 Å². The molecule has 0 radical (unpaired) electrons. The van der Waals surface area contributed by atoms with Gasteiger partial charge in [-0.3, -0.25) is 4.79 Å². The molecule has 128 valence electrons. The van der Waals surface area contributed by atoms with Crippen LogP contribution in [0.15, 0.2) is 77.8 Å². The fourth-order valence-electron chi connectivity index (χ4n) is 3.22. The number of rotatable bonds is 3. The van der Waals surface area contributed by atoms with Crippen molar-refractivity contribution in [2.24, 2.45) is 4.99 Å². The van der Waals surface area contributed by atoms with Gasteiger partial charge < -0.3 is 4.90 Å². The molecule has 0 atom stereocenters. The van der Waals surface area contributed by atoms with Gasteiger partial charge in [0, 0.05) is 5.56 Å². The SMILES string of the molecule is Cc1ccc(N=C2C(=O)N(Cc3ccccc3)c3ccccc32)cc1C. The molecule has 3 nitrogen and oxygen atoms in total. The summed E-state index contributed by atoms with van der Waals surface area (Å²) in [7, 11) is 0. The molecule has 3 heteroatoms. The van der Waals surface area contributed by atoms with Crippen molar-refractivity contribution in [3.63, 3.8) is 0 Å². The summed E-state index contributed by atoms with van der Waals surface area (Å²) >= 11 is 0. The molecule has 0 spiro atoms. The molecule has 1 amide bonds. The van der Waals surface area contributed by atoms with Crippen molar-refractivity contribution < 1.29 is 4.79 Å². The van der Waals surface area contributed by atoms with Crippen molar-refractivity contribution in [1.82, 2.24) is 0 Å². The molecule has 0 fully saturated rings. The Labute approximate surface area is 153 Å². The Morgan fingerprint density at radius 1 is 0.846 bits per heavy atom. The molecule has 1 aliphatic rings. The van der Waals surface area contributed by atoms with Crippen molar-refractivity contribution in [2.75, 3.05) is 4.90 Å². The summed E-state index contributed by atoms with van der Waals surface area (Å²) in [5.41, 5.74) is 6.64. The first-order chi connectivity index (χ1) is 12.6. The number of amides is 1. The lowest BCUT2D eigenvalue weighted by Gasteiger charge is -2.16. The number of aryl methyl sites for hydroxylation is 2. The van der Waals surface area contributed by atoms with Gasteiger partial charge in [-0.15, -0.1) is 0 Å². The van der Waals surface area contributed by atoms with Gasteiger partial charge >= 0.3 is 0 Å². The summed E-state index contributed by atoms with van der Waals surface area (Å²) in [6.07, 6.45) is 0. The first-order valence-electron chi connectivity index (χ1n) is 8.74. The molecule has 3 aromatic rings. The van der Waals surface area contributed by atoms with Crippen LogP contribution >= 0.6 is 0 Å². The van der Waals surface area contributed by atoms with E-state index in [1.165, 1.54) is 11.1 Å². The lowest BCUT2D eigenvalue weighted by Crippen LogP contribution is -2.29. The molecular weight excluding hydrogens is 320 g/mol. The van der Waals surface area contributed by atoms with Crippen molar-refractivity contribution in [3.8, 4) is 0 Å². The van der Waals surface area contributed by atoms with E-state index >= 15 is 0 Å². The van der Waals surface area contributed by atoms with Gasteiger partial charge in [0.1, 0.15) is 5.71 Å². The minimum atomic E-state index is -0.0479. The summed E-state index contributed by atoms with van der Waals surface area (Å²) in [4.78, 5) is 19.6. The monoisotopic (exact) mass is 340 g/mol. The first kappa shape index (κ1) is 16.3. The molecule has 0 saturated carbocycles. The molecular formula is C23H20N2O. The zero-order valence-corrected chi connectivity index (χ0v) is 14.9. The van der Waals surface area contributed by atoms with Gasteiger partial charge in [-0.05, 0) is 48.7 Å². The molecule has 1 aliphatic heterocycles. The van der Waals surface area contributed by atoms with Crippen molar-refractivity contribution >= 4 is 23.0 Å². The molecule has 0 saturated heterocycles. The maximum atomic E-state index is 13.1. The molecule has 0 bridgehead atoms. The van der Waals surface area contributed by atoms with Crippen LogP contribution in [0.5, 0.6) is 0 Å². The molecule has 26 heavy (non-hydrogen) atoms. The fraction of sp³-hybridized carbons (Fsp3) is 0.130. The number of carbonyl (C=O) groups is 1. The topological polar surface area (TPSA) is 32.7 Å². The Balaban J connectivity index is 1.76. The third kappa shape index (κ3) is 2.92. The molecule has 0 aromatic heterocycles. The van der Waals surface area contributed by atoms with E-state index < -0.39 is 0 Å². The van der Waals surface area contributed by atoms with E-state index in [0.29, 0.717) is 12.3 Å². The lowest BCUT2D eigenvalue weighted by atomic mass is 10.1. The number of aliphatic imine (C=N–C) groups is 1. The number of hydrogen-bond donors (Lipinski definition) is 0. The van der Waals surface area contributed by atoms with E-state index in [0.717, 1.165) is 22.5 Å². The van der Waals surface area contributed by atoms with Crippen LogP contribution in [0.3, 0.4) is 0 Å². The van der Waals surface area contributed by atoms with Gasteiger partial charge in [0.2, 0.25) is 0 Å². The zero-order valence-electron chi connectivity index (χ0n) is 14.9. The molecule has 0 N–H and O–H groups in total. The Morgan fingerprint density at radius 3 is 2.35 bits per heavy atom. The third-order valence-electron chi connectivity index (χ3n) is 4.81. The summed E-state index contributed by atoms with van der Waals surface area (Å²) < 4.78 is 0. The highest BCUT2D eigenvalue weighted by Crippen LogP contribution is 2.32. The Hall–Kier alpha value is -3.20. The van der Waals surface area contributed by atoms with E-state index in [1.54, 1.807) is 0 Å². The van der Waals surface area contributed by atoms with Crippen LogP contribution in [-0.4, -0.2) is 11.6 Å². The van der Waals surface area contributed by atoms with Crippen molar-refractivity contribution in [2.45, 2.75) is 20.4 Å². The number of fused-ring (bicyclic) bond motifs is 1. The maximum absolute atomic E-state index is 13.1. The minimum absolute atomic E-state index is 0.0479. The number of benzene rings is 3. The Morgan fingerprint density at radius 2 is 1.58 bits per heavy atom. The number of anilines is 1. The van der Waals surface area contributed by atoms with E-state index in [9.17, 15) is 4.79 Å². The molecule has 0 unspecified atom stereocenters. The summed E-state index contributed by atoms with van der Waals surface area (Å²) in [5, 5.41) is 0. The Kier molecular flexibility index (Phi) is 4.13. The number of hydrogen-bond acceptors (Lipinski definition) is 2. The number of para-hydroxylation sites is 1. The van der Waals surface area contributed by atoms with Gasteiger partial charge in [0.25, 0.3) is 5.91 Å². The molecule has 4 rings (SSSR count). The highest BCUT2D eigenvalue weighted by Gasteiger charge is 2.33. The van der Waals surface area contributed by atoms with Gasteiger partial charge in [-0.2, -0.15) is 0 Å². The second-order valence-electron chi connectivity index (χ2n) is 6.62. The zero-order chi connectivity index (χ0) is 18.1. The fourth-order valence-corrected chi connectivity index (χ4v) is 3.22. The summed E-state index contributed by atoms with van der Waals surface area (Å²) in [6.45, 7) is 4.68. The third-order valence-corrected chi connectivity index (χ3v) is 4.81. The smallest absolute Gasteiger partial charge is 0.277 e. The Bertz CT molecular complexity index is 1010. The molecule has 0 aliphatic carbocycles. The van der Waals surface area contributed by atoms with Crippen LogP contribution in [0.25, 0.3) is 0 Å². The van der Waals surface area contributed by atoms with Crippen LogP contribution in [-0.2, 0) is 11.3 Å². The molecule has 3 aromatic carbocycles. The maximum Gasteiger partial charge on any atom is 0.277 e. The second-order valence-corrected chi connectivity index (χ2v) is 6.62. The van der Waals surface area contributed by atoms with Gasteiger partial charge in [-0.25, -0.2) is 4.99 Å². The highest BCUT2D eigenvalue weighted by atomic mass is 16.2. The largest absolute Gasteiger partial charge is 0.302 e. The number of nitrogens with zero attached hydrogens (tertiary/aromatic N) is 2. The first-order valence-corrected chi connectivity index (χ1v) is 8.74. The van der Waals surface area contributed by atoms with E-state index in [1.807, 2.05) is 77.7 Å². The van der Waals surface area contributed by atoms with E-state index in [2.05, 4.69) is 13.8 Å². The standard InChI is InChI=1S/C23H20N2O/c1-16-12-13-19(14-17(16)2)24-22-20-10-6-7-11-21(20)25(23(22)26)15-18-8-4-3-5-9-18/h3-14H,15H2,1-2H3.